The van der Waals surface area contributed by atoms with Crippen molar-refractivity contribution in [1.29, 1.82) is 0 Å². The average molecular weight is 213 g/mol. The molecule has 16 heavy (non-hydrogen) atoms. The molecule has 0 amide bonds. The van der Waals surface area contributed by atoms with Crippen molar-refractivity contribution in [3.63, 3.8) is 0 Å². The summed E-state index contributed by atoms with van der Waals surface area (Å²) < 4.78 is 2.00. The lowest BCUT2D eigenvalue weighted by Crippen LogP contribution is -2.27. The third-order valence-electron chi connectivity index (χ3n) is 2.73. The molecule has 0 spiro atoms. The van der Waals surface area contributed by atoms with Crippen molar-refractivity contribution in [3.8, 4) is 11.3 Å². The van der Waals surface area contributed by atoms with Crippen molar-refractivity contribution in [2.45, 2.75) is 19.4 Å². The summed E-state index contributed by atoms with van der Waals surface area (Å²) in [5, 5.41) is 0. The fraction of sp³-hybridized carbons (Fsp3) is 0.214. The first-order valence-corrected chi connectivity index (χ1v) is 5.35. The first-order chi connectivity index (χ1) is 7.65. The minimum Gasteiger partial charge on any atom is -0.335 e. The van der Waals surface area contributed by atoms with Crippen molar-refractivity contribution in [1.82, 2.24) is 4.57 Å². The number of carbonyl (C=O) groups is 1. The molecular weight excluding hydrogens is 198 g/mol. The van der Waals surface area contributed by atoms with Gasteiger partial charge in [-0.25, -0.2) is 0 Å². The smallest absolute Gasteiger partial charge is 0.145 e. The first-order valence-electron chi connectivity index (χ1n) is 5.35. The predicted octanol–water partition coefficient (Wildman–Crippen LogP) is 3.09. The fourth-order valence-electron chi connectivity index (χ4n) is 1.78. The third kappa shape index (κ3) is 1.78. The number of rotatable bonds is 3. The van der Waals surface area contributed by atoms with Crippen molar-refractivity contribution >= 4 is 6.29 Å². The van der Waals surface area contributed by atoms with Crippen LogP contribution in [0.2, 0.25) is 0 Å². The zero-order chi connectivity index (χ0) is 11.6. The van der Waals surface area contributed by atoms with Gasteiger partial charge in [0, 0.05) is 11.9 Å². The zero-order valence-corrected chi connectivity index (χ0v) is 9.55. The summed E-state index contributed by atoms with van der Waals surface area (Å²) in [7, 11) is 0. The highest BCUT2D eigenvalue weighted by Gasteiger charge is 2.21. The molecule has 0 fully saturated rings. The van der Waals surface area contributed by atoms with E-state index in [0.717, 1.165) is 17.5 Å². The van der Waals surface area contributed by atoms with Crippen LogP contribution in [0.4, 0.5) is 0 Å². The summed E-state index contributed by atoms with van der Waals surface area (Å²) in [4.78, 5) is 11.1. The normalized spacial score (nSPS) is 11.4. The Morgan fingerprint density at radius 3 is 2.38 bits per heavy atom. The minimum atomic E-state index is -0.505. The van der Waals surface area contributed by atoms with E-state index in [0.29, 0.717) is 0 Å². The van der Waals surface area contributed by atoms with E-state index in [1.54, 1.807) is 0 Å². The summed E-state index contributed by atoms with van der Waals surface area (Å²) in [6, 6.07) is 14.1. The molecule has 0 radical (unpaired) electrons. The second kappa shape index (κ2) is 3.97. The maximum absolute atomic E-state index is 11.1. The van der Waals surface area contributed by atoms with Gasteiger partial charge < -0.3 is 9.36 Å². The highest BCUT2D eigenvalue weighted by atomic mass is 16.1. The second-order valence-electron chi connectivity index (χ2n) is 4.40. The molecule has 82 valence electrons. The van der Waals surface area contributed by atoms with E-state index < -0.39 is 5.54 Å². The van der Waals surface area contributed by atoms with Crippen molar-refractivity contribution in [2.75, 3.05) is 0 Å². The molecule has 1 heterocycles. The monoisotopic (exact) mass is 213 g/mol. The summed E-state index contributed by atoms with van der Waals surface area (Å²) in [6.07, 6.45) is 2.91. The standard InChI is InChI=1S/C14H15NO/c1-14(2,11-16)15-10-6-9-13(15)12-7-4-3-5-8-12/h3-11H,1-2H3. The molecule has 2 nitrogen and oxygen atoms in total. The van der Waals surface area contributed by atoms with Gasteiger partial charge in [-0.15, -0.1) is 0 Å². The van der Waals surface area contributed by atoms with Crippen LogP contribution in [-0.4, -0.2) is 10.9 Å². The number of aldehydes is 1. The van der Waals surface area contributed by atoms with Gasteiger partial charge in [-0.1, -0.05) is 30.3 Å². The Kier molecular flexibility index (Phi) is 2.65. The minimum absolute atomic E-state index is 0.505. The molecule has 0 aliphatic rings. The molecule has 0 bridgehead atoms. The van der Waals surface area contributed by atoms with Crippen molar-refractivity contribution < 1.29 is 4.79 Å². The predicted molar refractivity (Wildman–Crippen MR) is 65.3 cm³/mol. The van der Waals surface area contributed by atoms with Crippen LogP contribution in [0.1, 0.15) is 13.8 Å². The van der Waals surface area contributed by atoms with Gasteiger partial charge in [0.15, 0.2) is 0 Å². The maximum atomic E-state index is 11.1. The van der Waals surface area contributed by atoms with Gasteiger partial charge in [0.1, 0.15) is 6.29 Å². The lowest BCUT2D eigenvalue weighted by atomic mass is 10.1. The topological polar surface area (TPSA) is 22.0 Å². The van der Waals surface area contributed by atoms with E-state index in [4.69, 9.17) is 0 Å². The summed E-state index contributed by atoms with van der Waals surface area (Å²) in [5.74, 6) is 0. The van der Waals surface area contributed by atoms with Gasteiger partial charge in [-0.3, -0.25) is 0 Å². The van der Waals surface area contributed by atoms with Gasteiger partial charge in [0.25, 0.3) is 0 Å². The summed E-state index contributed by atoms with van der Waals surface area (Å²) in [5.41, 5.74) is 1.69. The Bertz CT molecular complexity index is 482. The van der Waals surface area contributed by atoms with Crippen LogP contribution in [0.5, 0.6) is 0 Å². The lowest BCUT2D eigenvalue weighted by molar-refractivity contribution is -0.113. The Labute approximate surface area is 95.5 Å². The largest absolute Gasteiger partial charge is 0.335 e. The van der Waals surface area contributed by atoms with Gasteiger partial charge in [-0.2, -0.15) is 0 Å². The number of hydrogen-bond acceptors (Lipinski definition) is 1. The van der Waals surface area contributed by atoms with Crippen molar-refractivity contribution in [3.05, 3.63) is 48.7 Å². The average Bonchev–Trinajstić information content (AvgIpc) is 2.80. The van der Waals surface area contributed by atoms with Gasteiger partial charge in [0.05, 0.1) is 5.54 Å². The van der Waals surface area contributed by atoms with Crippen LogP contribution in [0, 0.1) is 0 Å². The van der Waals surface area contributed by atoms with Crippen LogP contribution in [0.3, 0.4) is 0 Å². The SMILES string of the molecule is CC(C)(C=O)n1cccc1-c1ccccc1. The summed E-state index contributed by atoms with van der Waals surface area (Å²) in [6.45, 7) is 3.82. The molecule has 2 aromatic rings. The van der Waals surface area contributed by atoms with Crippen molar-refractivity contribution in [2.24, 2.45) is 0 Å². The van der Waals surface area contributed by atoms with Gasteiger partial charge in [-0.05, 0) is 31.5 Å². The van der Waals surface area contributed by atoms with E-state index in [1.807, 2.05) is 67.1 Å². The van der Waals surface area contributed by atoms with Crippen LogP contribution in [-0.2, 0) is 10.3 Å². The third-order valence-corrected chi connectivity index (χ3v) is 2.73. The molecule has 2 rings (SSSR count). The second-order valence-corrected chi connectivity index (χ2v) is 4.40. The van der Waals surface area contributed by atoms with Crippen LogP contribution in [0.25, 0.3) is 11.3 Å². The highest BCUT2D eigenvalue weighted by Crippen LogP contribution is 2.25. The number of carbonyl (C=O) groups excluding carboxylic acids is 1. The van der Waals surface area contributed by atoms with E-state index in [2.05, 4.69) is 0 Å². The fourth-order valence-corrected chi connectivity index (χ4v) is 1.78. The molecule has 2 heteroatoms. The molecule has 0 saturated carbocycles. The maximum Gasteiger partial charge on any atom is 0.145 e. The molecule has 1 aromatic carbocycles. The Hall–Kier alpha value is -1.83. The molecule has 0 saturated heterocycles. The Balaban J connectivity index is 2.53. The lowest BCUT2D eigenvalue weighted by Gasteiger charge is -2.23. The van der Waals surface area contributed by atoms with Gasteiger partial charge >= 0.3 is 0 Å². The number of aromatic nitrogens is 1. The number of hydrogen-bond donors (Lipinski definition) is 0. The number of nitrogens with zero attached hydrogens (tertiary/aromatic N) is 1. The molecular formula is C14H15NO. The van der Waals surface area contributed by atoms with E-state index in [-0.39, 0.29) is 0 Å². The molecule has 0 atom stereocenters. The molecule has 1 aromatic heterocycles. The highest BCUT2D eigenvalue weighted by molar-refractivity contribution is 5.66. The van der Waals surface area contributed by atoms with Crippen LogP contribution in [0.15, 0.2) is 48.7 Å². The number of benzene rings is 1. The Morgan fingerprint density at radius 2 is 1.75 bits per heavy atom. The van der Waals surface area contributed by atoms with Crippen LogP contribution >= 0.6 is 0 Å². The van der Waals surface area contributed by atoms with E-state index in [9.17, 15) is 4.79 Å². The summed E-state index contributed by atoms with van der Waals surface area (Å²) >= 11 is 0. The van der Waals surface area contributed by atoms with Crippen LogP contribution < -0.4 is 0 Å². The molecule has 0 unspecified atom stereocenters. The van der Waals surface area contributed by atoms with Gasteiger partial charge in [0.2, 0.25) is 0 Å². The first kappa shape index (κ1) is 10.7. The zero-order valence-electron chi connectivity index (χ0n) is 9.55. The van der Waals surface area contributed by atoms with E-state index >= 15 is 0 Å². The quantitative estimate of drug-likeness (QED) is 0.718. The molecule has 0 aliphatic carbocycles. The molecule has 0 N–H and O–H groups in total. The van der Waals surface area contributed by atoms with E-state index in [1.165, 1.54) is 0 Å². The Morgan fingerprint density at radius 1 is 1.06 bits per heavy atom. The molecule has 0 aliphatic heterocycles.